The van der Waals surface area contributed by atoms with E-state index in [1.165, 1.54) is 12.8 Å². The molecule has 0 bridgehead atoms. The number of nitrogens with zero attached hydrogens (tertiary/aromatic N) is 1. The zero-order chi connectivity index (χ0) is 11.1. The summed E-state index contributed by atoms with van der Waals surface area (Å²) >= 11 is 4.86. The third-order valence-corrected chi connectivity index (χ3v) is 3.03. The molecule has 1 heterocycles. The summed E-state index contributed by atoms with van der Waals surface area (Å²) < 4.78 is 5.62. The Morgan fingerprint density at radius 3 is 2.93 bits per heavy atom. The minimum atomic E-state index is 0.453. The van der Waals surface area contributed by atoms with Crippen LogP contribution in [0.3, 0.4) is 0 Å². The SMILES string of the molecule is CCN(CCCC(N)=S)CC1CCCO1. The molecule has 1 aliphatic heterocycles. The van der Waals surface area contributed by atoms with Gasteiger partial charge in [-0.15, -0.1) is 0 Å². The molecule has 88 valence electrons. The van der Waals surface area contributed by atoms with Crippen LogP contribution in [0.4, 0.5) is 0 Å². The molecule has 4 heteroatoms. The molecule has 0 saturated carbocycles. The van der Waals surface area contributed by atoms with Crippen LogP contribution < -0.4 is 5.73 Å². The van der Waals surface area contributed by atoms with E-state index in [1.54, 1.807) is 0 Å². The first-order valence-corrected chi connectivity index (χ1v) is 6.25. The van der Waals surface area contributed by atoms with Gasteiger partial charge in [-0.05, 0) is 38.8 Å². The summed E-state index contributed by atoms with van der Waals surface area (Å²) in [4.78, 5) is 3.05. The van der Waals surface area contributed by atoms with Gasteiger partial charge in [-0.3, -0.25) is 0 Å². The van der Waals surface area contributed by atoms with Crippen molar-refractivity contribution in [2.24, 2.45) is 5.73 Å². The zero-order valence-electron chi connectivity index (χ0n) is 9.58. The molecule has 1 unspecified atom stereocenters. The van der Waals surface area contributed by atoms with Crippen molar-refractivity contribution < 1.29 is 4.74 Å². The molecule has 1 rings (SSSR count). The van der Waals surface area contributed by atoms with Crippen molar-refractivity contribution in [2.45, 2.75) is 38.7 Å². The minimum absolute atomic E-state index is 0.453. The van der Waals surface area contributed by atoms with Crippen LogP contribution in [-0.2, 0) is 4.74 Å². The molecule has 0 aromatic heterocycles. The van der Waals surface area contributed by atoms with Crippen LogP contribution in [0.15, 0.2) is 0 Å². The number of likely N-dealkylation sites (N-methyl/N-ethyl adjacent to an activating group) is 1. The highest BCUT2D eigenvalue weighted by Crippen LogP contribution is 2.13. The van der Waals surface area contributed by atoms with Crippen LogP contribution in [0.25, 0.3) is 0 Å². The Labute approximate surface area is 98.0 Å². The molecule has 0 spiro atoms. The lowest BCUT2D eigenvalue weighted by atomic mass is 10.2. The lowest BCUT2D eigenvalue weighted by molar-refractivity contribution is 0.0746. The molecule has 0 aromatic carbocycles. The van der Waals surface area contributed by atoms with Gasteiger partial charge >= 0.3 is 0 Å². The molecular formula is C11H22N2OS. The van der Waals surface area contributed by atoms with E-state index in [1.807, 2.05) is 0 Å². The summed E-state index contributed by atoms with van der Waals surface area (Å²) in [7, 11) is 0. The van der Waals surface area contributed by atoms with Crippen molar-refractivity contribution in [3.63, 3.8) is 0 Å². The Morgan fingerprint density at radius 2 is 2.40 bits per heavy atom. The van der Waals surface area contributed by atoms with Gasteiger partial charge in [0.2, 0.25) is 0 Å². The van der Waals surface area contributed by atoms with E-state index in [0.717, 1.165) is 39.1 Å². The van der Waals surface area contributed by atoms with Crippen LogP contribution in [0.5, 0.6) is 0 Å². The monoisotopic (exact) mass is 230 g/mol. The Balaban J connectivity index is 2.13. The number of nitrogens with two attached hydrogens (primary N) is 1. The minimum Gasteiger partial charge on any atom is -0.393 e. The predicted octanol–water partition coefficient (Wildman–Crippen LogP) is 1.55. The summed E-state index contributed by atoms with van der Waals surface area (Å²) in [6.45, 7) is 6.35. The molecule has 2 N–H and O–H groups in total. The van der Waals surface area contributed by atoms with Gasteiger partial charge < -0.3 is 15.4 Å². The topological polar surface area (TPSA) is 38.5 Å². The van der Waals surface area contributed by atoms with E-state index in [4.69, 9.17) is 22.7 Å². The van der Waals surface area contributed by atoms with Crippen molar-refractivity contribution in [1.29, 1.82) is 0 Å². The van der Waals surface area contributed by atoms with Crippen LogP contribution in [0.1, 0.15) is 32.6 Å². The van der Waals surface area contributed by atoms with E-state index < -0.39 is 0 Å². The number of hydrogen-bond donors (Lipinski definition) is 1. The second kappa shape index (κ2) is 7.14. The van der Waals surface area contributed by atoms with Gasteiger partial charge in [0.15, 0.2) is 0 Å². The molecule has 1 fully saturated rings. The lowest BCUT2D eigenvalue weighted by Gasteiger charge is -2.23. The molecular weight excluding hydrogens is 208 g/mol. The van der Waals surface area contributed by atoms with Gasteiger partial charge in [-0.1, -0.05) is 19.1 Å². The number of ether oxygens (including phenoxy) is 1. The fraction of sp³-hybridized carbons (Fsp3) is 0.909. The highest BCUT2D eigenvalue weighted by Gasteiger charge is 2.17. The average molecular weight is 230 g/mol. The van der Waals surface area contributed by atoms with Crippen molar-refractivity contribution in [3.05, 3.63) is 0 Å². The average Bonchev–Trinajstić information content (AvgIpc) is 2.68. The largest absolute Gasteiger partial charge is 0.393 e. The second-order valence-corrected chi connectivity index (χ2v) is 4.62. The normalized spacial score (nSPS) is 21.1. The van der Waals surface area contributed by atoms with Crippen molar-refractivity contribution >= 4 is 17.2 Å². The number of thiocarbonyl (C=S) groups is 1. The maximum Gasteiger partial charge on any atom is 0.0727 e. The molecule has 1 atom stereocenters. The number of rotatable bonds is 7. The Hall–Kier alpha value is -0.190. The van der Waals surface area contributed by atoms with Gasteiger partial charge in [-0.25, -0.2) is 0 Å². The third-order valence-electron chi connectivity index (χ3n) is 2.83. The van der Waals surface area contributed by atoms with Gasteiger partial charge in [0, 0.05) is 13.2 Å². The Kier molecular flexibility index (Phi) is 6.13. The second-order valence-electron chi connectivity index (χ2n) is 4.10. The van der Waals surface area contributed by atoms with E-state index in [9.17, 15) is 0 Å². The summed E-state index contributed by atoms with van der Waals surface area (Å²) in [5, 5.41) is 0. The van der Waals surface area contributed by atoms with Crippen LogP contribution >= 0.6 is 12.2 Å². The molecule has 1 aliphatic rings. The van der Waals surface area contributed by atoms with Gasteiger partial charge in [0.1, 0.15) is 0 Å². The first kappa shape index (κ1) is 12.9. The summed E-state index contributed by atoms with van der Waals surface area (Å²) in [6.07, 6.45) is 4.81. The lowest BCUT2D eigenvalue weighted by Crippen LogP contribution is -2.33. The molecule has 0 radical (unpaired) electrons. The first-order chi connectivity index (χ1) is 7.22. The fourth-order valence-corrected chi connectivity index (χ4v) is 2.08. The van der Waals surface area contributed by atoms with E-state index in [2.05, 4.69) is 11.8 Å². The molecule has 1 saturated heterocycles. The highest BCUT2D eigenvalue weighted by molar-refractivity contribution is 7.80. The third kappa shape index (κ3) is 5.44. The van der Waals surface area contributed by atoms with Gasteiger partial charge in [-0.2, -0.15) is 0 Å². The molecule has 0 amide bonds. The van der Waals surface area contributed by atoms with Gasteiger partial charge in [0.25, 0.3) is 0 Å². The summed E-state index contributed by atoms with van der Waals surface area (Å²) in [5.41, 5.74) is 5.47. The predicted molar refractivity (Wildman–Crippen MR) is 67.1 cm³/mol. The van der Waals surface area contributed by atoms with E-state index >= 15 is 0 Å². The van der Waals surface area contributed by atoms with Gasteiger partial charge in [0.05, 0.1) is 11.1 Å². The Bertz CT molecular complexity index is 193. The first-order valence-electron chi connectivity index (χ1n) is 5.84. The Morgan fingerprint density at radius 1 is 1.60 bits per heavy atom. The summed E-state index contributed by atoms with van der Waals surface area (Å²) in [5.74, 6) is 0. The van der Waals surface area contributed by atoms with Crippen molar-refractivity contribution in [1.82, 2.24) is 4.90 Å². The maximum atomic E-state index is 5.62. The quantitative estimate of drug-likeness (QED) is 0.674. The maximum absolute atomic E-state index is 5.62. The van der Waals surface area contributed by atoms with Crippen LogP contribution in [0, 0.1) is 0 Å². The number of hydrogen-bond acceptors (Lipinski definition) is 3. The highest BCUT2D eigenvalue weighted by atomic mass is 32.1. The van der Waals surface area contributed by atoms with Crippen molar-refractivity contribution in [3.8, 4) is 0 Å². The summed E-state index contributed by atoms with van der Waals surface area (Å²) in [6, 6.07) is 0. The molecule has 0 aromatic rings. The molecule has 0 aliphatic carbocycles. The van der Waals surface area contributed by atoms with E-state index in [-0.39, 0.29) is 0 Å². The van der Waals surface area contributed by atoms with Crippen molar-refractivity contribution in [2.75, 3.05) is 26.2 Å². The molecule has 15 heavy (non-hydrogen) atoms. The van der Waals surface area contributed by atoms with Crippen LogP contribution in [0.2, 0.25) is 0 Å². The zero-order valence-corrected chi connectivity index (χ0v) is 10.4. The van der Waals surface area contributed by atoms with E-state index in [0.29, 0.717) is 11.1 Å². The fourth-order valence-electron chi connectivity index (χ4n) is 1.93. The molecule has 3 nitrogen and oxygen atoms in total. The smallest absolute Gasteiger partial charge is 0.0727 e. The standard InChI is InChI=1S/C11H22N2OS/c1-2-13(7-3-6-11(12)15)9-10-5-4-8-14-10/h10H,2-9H2,1H3,(H2,12,15). The van der Waals surface area contributed by atoms with Crippen LogP contribution in [-0.4, -0.2) is 42.2 Å².